The highest BCUT2D eigenvalue weighted by atomic mass is 35.5. The predicted molar refractivity (Wildman–Crippen MR) is 111 cm³/mol. The number of likely N-dealkylation sites (tertiary alicyclic amines) is 1. The summed E-state index contributed by atoms with van der Waals surface area (Å²) in [5.74, 6) is 1.13. The van der Waals surface area contributed by atoms with Gasteiger partial charge in [-0.05, 0) is 55.6 Å². The smallest absolute Gasteiger partial charge is 0.241 e. The first kappa shape index (κ1) is 19.4. The zero-order valence-corrected chi connectivity index (χ0v) is 17.2. The maximum absolute atomic E-state index is 12.6. The summed E-state index contributed by atoms with van der Waals surface area (Å²) in [4.78, 5) is 20.2. The van der Waals surface area contributed by atoms with Crippen molar-refractivity contribution in [2.45, 2.75) is 19.4 Å². The van der Waals surface area contributed by atoms with Crippen LogP contribution in [0.15, 0.2) is 40.2 Å². The lowest BCUT2D eigenvalue weighted by atomic mass is 9.96. The number of benzene rings is 1. The summed E-state index contributed by atoms with van der Waals surface area (Å²) in [5, 5.41) is 9.93. The first-order valence-electron chi connectivity index (χ1n) is 8.93. The molecule has 28 heavy (non-hydrogen) atoms. The molecule has 1 fully saturated rings. The average Bonchev–Trinajstić information content (AvgIpc) is 3.37. The van der Waals surface area contributed by atoms with Gasteiger partial charge in [0.2, 0.25) is 17.6 Å². The van der Waals surface area contributed by atoms with E-state index in [-0.39, 0.29) is 11.8 Å². The fourth-order valence-corrected chi connectivity index (χ4v) is 4.18. The molecule has 0 unspecified atom stereocenters. The van der Waals surface area contributed by atoms with Gasteiger partial charge in [-0.25, -0.2) is 0 Å². The molecule has 1 aromatic carbocycles. The van der Waals surface area contributed by atoms with Crippen molar-refractivity contribution in [1.82, 2.24) is 15.0 Å². The van der Waals surface area contributed by atoms with Gasteiger partial charge in [0.25, 0.3) is 0 Å². The molecule has 1 N–H and O–H groups in total. The van der Waals surface area contributed by atoms with E-state index in [9.17, 15) is 4.79 Å². The van der Waals surface area contributed by atoms with Gasteiger partial charge < -0.3 is 9.84 Å². The number of carbonyl (C=O) groups excluding carboxylic acids is 1. The molecule has 3 aromatic rings. The van der Waals surface area contributed by atoms with E-state index in [1.807, 2.05) is 17.5 Å². The summed E-state index contributed by atoms with van der Waals surface area (Å²) in [6, 6.07) is 8.96. The van der Waals surface area contributed by atoms with Gasteiger partial charge in [-0.2, -0.15) is 4.98 Å². The van der Waals surface area contributed by atoms with Crippen molar-refractivity contribution in [1.29, 1.82) is 0 Å². The van der Waals surface area contributed by atoms with Crippen molar-refractivity contribution in [2.75, 3.05) is 18.4 Å². The number of nitrogens with one attached hydrogen (secondary N) is 1. The maximum atomic E-state index is 12.6. The van der Waals surface area contributed by atoms with E-state index in [0.29, 0.717) is 34.0 Å². The number of anilines is 1. The zero-order chi connectivity index (χ0) is 19.5. The Balaban J connectivity index is 1.29. The van der Waals surface area contributed by atoms with Crippen molar-refractivity contribution < 1.29 is 9.32 Å². The van der Waals surface area contributed by atoms with E-state index in [4.69, 9.17) is 27.7 Å². The molecule has 0 aliphatic carbocycles. The van der Waals surface area contributed by atoms with Crippen LogP contribution in [-0.4, -0.2) is 34.0 Å². The van der Waals surface area contributed by atoms with Crippen LogP contribution < -0.4 is 5.32 Å². The van der Waals surface area contributed by atoms with Crippen LogP contribution in [0.2, 0.25) is 10.0 Å². The number of halogens is 2. The molecule has 0 spiro atoms. The topological polar surface area (TPSA) is 71.3 Å². The number of hydrogen-bond donors (Lipinski definition) is 1. The number of piperidine rings is 1. The molecule has 2 aromatic heterocycles. The fourth-order valence-electron chi connectivity index (χ4n) is 3.20. The van der Waals surface area contributed by atoms with Crippen molar-refractivity contribution >= 4 is 46.1 Å². The van der Waals surface area contributed by atoms with Gasteiger partial charge in [-0.15, -0.1) is 11.3 Å². The number of hydrogen-bond acceptors (Lipinski definition) is 6. The summed E-state index contributed by atoms with van der Waals surface area (Å²) in [6.07, 6.45) is 1.52. The van der Waals surface area contributed by atoms with Gasteiger partial charge in [0.15, 0.2) is 0 Å². The minimum atomic E-state index is -0.0596. The Hall–Kier alpha value is -1.93. The lowest BCUT2D eigenvalue weighted by Gasteiger charge is -2.30. The van der Waals surface area contributed by atoms with Crippen LogP contribution in [0.3, 0.4) is 0 Å². The van der Waals surface area contributed by atoms with Crippen LogP contribution in [-0.2, 0) is 11.3 Å². The van der Waals surface area contributed by atoms with E-state index in [1.165, 1.54) is 0 Å². The van der Waals surface area contributed by atoms with Crippen molar-refractivity contribution in [3.8, 4) is 10.7 Å². The number of carbonyl (C=O) groups is 1. The number of aromatic nitrogens is 2. The highest BCUT2D eigenvalue weighted by Crippen LogP contribution is 2.28. The number of rotatable bonds is 5. The SMILES string of the molecule is O=C(Nc1cc(Cl)ccc1Cl)C1CCN(Cc2nc(-c3cccs3)no2)CC1. The molecule has 1 aliphatic rings. The molecular weight excluding hydrogens is 419 g/mol. The van der Waals surface area contributed by atoms with E-state index in [1.54, 1.807) is 29.5 Å². The molecule has 6 nitrogen and oxygen atoms in total. The fraction of sp³-hybridized carbons (Fsp3) is 0.316. The van der Waals surface area contributed by atoms with Crippen molar-refractivity contribution in [3.05, 3.63) is 51.6 Å². The Morgan fingerprint density at radius 3 is 2.86 bits per heavy atom. The summed E-state index contributed by atoms with van der Waals surface area (Å²) < 4.78 is 5.37. The number of thiophene rings is 1. The second-order valence-electron chi connectivity index (χ2n) is 6.65. The number of nitrogens with zero attached hydrogens (tertiary/aromatic N) is 3. The minimum Gasteiger partial charge on any atom is -0.338 e. The van der Waals surface area contributed by atoms with E-state index >= 15 is 0 Å². The molecule has 9 heteroatoms. The predicted octanol–water partition coefficient (Wildman–Crippen LogP) is 4.96. The van der Waals surface area contributed by atoms with Crippen LogP contribution in [0, 0.1) is 5.92 Å². The minimum absolute atomic E-state index is 0.0263. The lowest BCUT2D eigenvalue weighted by Crippen LogP contribution is -2.37. The first-order valence-corrected chi connectivity index (χ1v) is 10.6. The molecule has 146 valence electrons. The zero-order valence-electron chi connectivity index (χ0n) is 14.9. The summed E-state index contributed by atoms with van der Waals surface area (Å²) in [6.45, 7) is 2.17. The Kier molecular flexibility index (Phi) is 5.96. The van der Waals surface area contributed by atoms with E-state index < -0.39 is 0 Å². The molecule has 3 heterocycles. The Bertz CT molecular complexity index is 953. The Labute approximate surface area is 176 Å². The van der Waals surface area contributed by atoms with Gasteiger partial charge in [0, 0.05) is 10.9 Å². The van der Waals surface area contributed by atoms with Crippen molar-refractivity contribution in [2.24, 2.45) is 5.92 Å². The van der Waals surface area contributed by atoms with Gasteiger partial charge >= 0.3 is 0 Å². The van der Waals surface area contributed by atoms with Gasteiger partial charge in [-0.1, -0.05) is 34.4 Å². The van der Waals surface area contributed by atoms with Crippen LogP contribution in [0.4, 0.5) is 5.69 Å². The highest BCUT2D eigenvalue weighted by Gasteiger charge is 2.26. The standard InChI is InChI=1S/C19H18Cl2N4O2S/c20-13-3-4-14(21)15(10-13)22-19(26)12-5-7-25(8-6-12)11-17-23-18(24-27-17)16-2-1-9-28-16/h1-4,9-10,12H,5-8,11H2,(H,22,26). The Morgan fingerprint density at radius 1 is 1.29 bits per heavy atom. The third kappa shape index (κ3) is 4.55. The molecule has 1 aliphatic heterocycles. The van der Waals surface area contributed by atoms with Crippen LogP contribution in [0.25, 0.3) is 10.7 Å². The summed E-state index contributed by atoms with van der Waals surface area (Å²) in [5.41, 5.74) is 0.550. The third-order valence-electron chi connectivity index (χ3n) is 4.71. The largest absolute Gasteiger partial charge is 0.338 e. The molecular formula is C19H18Cl2N4O2S. The maximum Gasteiger partial charge on any atom is 0.241 e. The van der Waals surface area contributed by atoms with Gasteiger partial charge in [-0.3, -0.25) is 9.69 Å². The molecule has 0 radical (unpaired) electrons. The molecule has 0 bridgehead atoms. The molecule has 1 amide bonds. The Morgan fingerprint density at radius 2 is 2.11 bits per heavy atom. The average molecular weight is 437 g/mol. The summed E-state index contributed by atoms with van der Waals surface area (Å²) in [7, 11) is 0. The number of amides is 1. The third-order valence-corrected chi connectivity index (χ3v) is 6.14. The second kappa shape index (κ2) is 8.61. The molecule has 0 saturated carbocycles. The van der Waals surface area contributed by atoms with E-state index in [2.05, 4.69) is 20.4 Å². The van der Waals surface area contributed by atoms with Gasteiger partial charge in [0.1, 0.15) is 0 Å². The van der Waals surface area contributed by atoms with Crippen LogP contribution in [0.5, 0.6) is 0 Å². The quantitative estimate of drug-likeness (QED) is 0.611. The molecule has 0 atom stereocenters. The van der Waals surface area contributed by atoms with Crippen molar-refractivity contribution in [3.63, 3.8) is 0 Å². The normalized spacial score (nSPS) is 15.6. The molecule has 4 rings (SSSR count). The first-order chi connectivity index (χ1) is 13.6. The highest BCUT2D eigenvalue weighted by molar-refractivity contribution is 7.13. The monoisotopic (exact) mass is 436 g/mol. The van der Waals surface area contributed by atoms with Crippen LogP contribution in [0.1, 0.15) is 18.7 Å². The second-order valence-corrected chi connectivity index (χ2v) is 8.44. The van der Waals surface area contributed by atoms with E-state index in [0.717, 1.165) is 30.8 Å². The molecule has 1 saturated heterocycles. The van der Waals surface area contributed by atoms with Crippen LogP contribution >= 0.6 is 34.5 Å². The van der Waals surface area contributed by atoms with Gasteiger partial charge in [0.05, 0.1) is 22.1 Å². The summed E-state index contributed by atoms with van der Waals surface area (Å²) >= 11 is 13.7. The lowest BCUT2D eigenvalue weighted by molar-refractivity contribution is -0.121.